The molecule has 0 fully saturated rings. The fourth-order valence-electron chi connectivity index (χ4n) is 1.90. The van der Waals surface area contributed by atoms with Crippen LogP contribution in [0.4, 0.5) is 14.5 Å². The van der Waals surface area contributed by atoms with Crippen LogP contribution in [0, 0.1) is 11.6 Å². The summed E-state index contributed by atoms with van der Waals surface area (Å²) in [4.78, 5) is 23.8. The summed E-state index contributed by atoms with van der Waals surface area (Å²) in [5.74, 6) is -1.27. The maximum atomic E-state index is 13.5. The number of nitrogens with one attached hydrogen (secondary N) is 1. The Bertz CT molecular complexity index is 799. The molecule has 22 heavy (non-hydrogen) atoms. The van der Waals surface area contributed by atoms with Crippen molar-refractivity contribution in [1.29, 1.82) is 0 Å². The SMILES string of the molecule is O=C1CSc2sc(C(=O)C=Cc3cc(F)ccc3F)cc2N1. The Kier molecular flexibility index (Phi) is 4.08. The van der Waals surface area contributed by atoms with Gasteiger partial charge in [-0.05, 0) is 36.4 Å². The van der Waals surface area contributed by atoms with Crippen LogP contribution in [0.1, 0.15) is 15.2 Å². The predicted octanol–water partition coefficient (Wildman–Crippen LogP) is 3.97. The van der Waals surface area contributed by atoms with Gasteiger partial charge in [-0.2, -0.15) is 0 Å². The monoisotopic (exact) mass is 337 g/mol. The van der Waals surface area contributed by atoms with Crippen molar-refractivity contribution >= 4 is 46.6 Å². The number of anilines is 1. The zero-order chi connectivity index (χ0) is 15.7. The molecule has 3 nitrogen and oxygen atoms in total. The van der Waals surface area contributed by atoms with Crippen molar-refractivity contribution in [2.75, 3.05) is 11.1 Å². The Hall–Kier alpha value is -1.99. The molecule has 2 aromatic rings. The van der Waals surface area contributed by atoms with Gasteiger partial charge in [0.05, 0.1) is 20.5 Å². The molecule has 0 saturated heterocycles. The van der Waals surface area contributed by atoms with Crippen LogP contribution in [-0.4, -0.2) is 17.4 Å². The Morgan fingerprint density at radius 1 is 1.27 bits per heavy atom. The summed E-state index contributed by atoms with van der Waals surface area (Å²) >= 11 is 2.64. The van der Waals surface area contributed by atoms with E-state index in [0.717, 1.165) is 22.4 Å². The van der Waals surface area contributed by atoms with Crippen LogP contribution >= 0.6 is 23.1 Å². The molecule has 1 aromatic carbocycles. The number of allylic oxidation sites excluding steroid dienone is 1. The summed E-state index contributed by atoms with van der Waals surface area (Å²) in [6.45, 7) is 0. The van der Waals surface area contributed by atoms with Crippen LogP contribution in [0.25, 0.3) is 6.08 Å². The zero-order valence-corrected chi connectivity index (χ0v) is 12.7. The van der Waals surface area contributed by atoms with E-state index in [2.05, 4.69) is 5.32 Å². The highest BCUT2D eigenvalue weighted by Gasteiger charge is 2.20. The van der Waals surface area contributed by atoms with E-state index in [-0.39, 0.29) is 17.3 Å². The minimum atomic E-state index is -0.598. The van der Waals surface area contributed by atoms with Gasteiger partial charge >= 0.3 is 0 Å². The van der Waals surface area contributed by atoms with E-state index in [1.54, 1.807) is 6.07 Å². The second-order valence-electron chi connectivity index (χ2n) is 4.51. The minimum Gasteiger partial charge on any atom is -0.324 e. The lowest BCUT2D eigenvalue weighted by molar-refractivity contribution is -0.113. The standard InChI is InChI=1S/C15H9F2NO2S2/c16-9-2-3-10(17)8(5-9)1-4-12(19)13-6-11-15(22-13)21-7-14(20)18-11/h1-6H,7H2,(H,18,20). The number of carbonyl (C=O) groups excluding carboxylic acids is 2. The summed E-state index contributed by atoms with van der Waals surface area (Å²) < 4.78 is 27.4. The van der Waals surface area contributed by atoms with Crippen molar-refractivity contribution in [1.82, 2.24) is 0 Å². The molecule has 3 rings (SSSR count). The van der Waals surface area contributed by atoms with Gasteiger partial charge in [0.2, 0.25) is 5.91 Å². The fraction of sp³-hybridized carbons (Fsp3) is 0.0667. The van der Waals surface area contributed by atoms with Gasteiger partial charge in [0.15, 0.2) is 5.78 Å². The van der Waals surface area contributed by atoms with Crippen molar-refractivity contribution in [2.45, 2.75) is 4.21 Å². The molecule has 0 aliphatic carbocycles. The number of thiophene rings is 1. The summed E-state index contributed by atoms with van der Waals surface area (Å²) in [6.07, 6.45) is 2.44. The van der Waals surface area contributed by atoms with E-state index in [1.807, 2.05) is 0 Å². The van der Waals surface area contributed by atoms with Gasteiger partial charge in [-0.1, -0.05) is 0 Å². The van der Waals surface area contributed by atoms with E-state index in [9.17, 15) is 18.4 Å². The molecule has 1 aliphatic rings. The van der Waals surface area contributed by atoms with E-state index < -0.39 is 11.6 Å². The first-order valence-electron chi connectivity index (χ1n) is 6.27. The molecular weight excluding hydrogens is 328 g/mol. The quantitative estimate of drug-likeness (QED) is 0.681. The van der Waals surface area contributed by atoms with E-state index >= 15 is 0 Å². The number of amides is 1. The lowest BCUT2D eigenvalue weighted by Gasteiger charge is -2.10. The summed E-state index contributed by atoms with van der Waals surface area (Å²) in [6, 6.07) is 4.64. The van der Waals surface area contributed by atoms with Gasteiger partial charge in [0.1, 0.15) is 11.6 Å². The molecule has 1 N–H and O–H groups in total. The highest BCUT2D eigenvalue weighted by atomic mass is 32.2. The second kappa shape index (κ2) is 6.02. The third-order valence-corrected chi connectivity index (χ3v) is 5.36. The molecule has 1 aromatic heterocycles. The van der Waals surface area contributed by atoms with Gasteiger partial charge in [-0.3, -0.25) is 9.59 Å². The van der Waals surface area contributed by atoms with Crippen molar-refractivity contribution < 1.29 is 18.4 Å². The number of ketones is 1. The molecule has 0 saturated carbocycles. The first kappa shape index (κ1) is 14.9. The molecule has 0 unspecified atom stereocenters. The van der Waals surface area contributed by atoms with E-state index in [0.29, 0.717) is 16.3 Å². The largest absolute Gasteiger partial charge is 0.324 e. The van der Waals surface area contributed by atoms with Gasteiger partial charge in [-0.15, -0.1) is 23.1 Å². The maximum Gasteiger partial charge on any atom is 0.234 e. The Balaban J connectivity index is 1.81. The fourth-order valence-corrected chi connectivity index (χ4v) is 3.94. The van der Waals surface area contributed by atoms with Crippen molar-refractivity contribution in [3.8, 4) is 0 Å². The molecule has 7 heteroatoms. The Morgan fingerprint density at radius 2 is 2.09 bits per heavy atom. The third kappa shape index (κ3) is 3.10. The van der Waals surface area contributed by atoms with Crippen LogP contribution < -0.4 is 5.32 Å². The summed E-state index contributed by atoms with van der Waals surface area (Å²) in [5.41, 5.74) is 0.636. The highest BCUT2D eigenvalue weighted by Crippen LogP contribution is 2.39. The van der Waals surface area contributed by atoms with E-state index in [4.69, 9.17) is 0 Å². The van der Waals surface area contributed by atoms with Gasteiger partial charge in [0, 0.05) is 5.56 Å². The number of thioether (sulfide) groups is 1. The van der Waals surface area contributed by atoms with Gasteiger partial charge < -0.3 is 5.32 Å². The molecular formula is C15H9F2NO2S2. The number of rotatable bonds is 3. The lowest BCUT2D eigenvalue weighted by Crippen LogP contribution is -2.17. The molecule has 1 amide bonds. The average Bonchev–Trinajstić information content (AvgIpc) is 2.91. The van der Waals surface area contributed by atoms with Gasteiger partial charge in [0.25, 0.3) is 0 Å². The molecule has 112 valence electrons. The number of hydrogen-bond acceptors (Lipinski definition) is 4. The van der Waals surface area contributed by atoms with Crippen molar-refractivity contribution in [2.24, 2.45) is 0 Å². The van der Waals surface area contributed by atoms with Crippen LogP contribution in [0.15, 0.2) is 34.6 Å². The smallest absolute Gasteiger partial charge is 0.234 e. The van der Waals surface area contributed by atoms with Crippen molar-refractivity contribution in [3.05, 3.63) is 52.4 Å². The number of halogens is 2. The molecule has 2 heterocycles. The zero-order valence-electron chi connectivity index (χ0n) is 11.1. The molecule has 1 aliphatic heterocycles. The number of carbonyl (C=O) groups is 2. The number of fused-ring (bicyclic) bond motifs is 1. The number of hydrogen-bond donors (Lipinski definition) is 1. The van der Waals surface area contributed by atoms with Crippen LogP contribution in [0.5, 0.6) is 0 Å². The third-order valence-electron chi connectivity index (χ3n) is 2.92. The van der Waals surface area contributed by atoms with Crippen LogP contribution in [0.2, 0.25) is 0 Å². The molecule has 0 atom stereocenters. The minimum absolute atomic E-state index is 0.0114. The first-order valence-corrected chi connectivity index (χ1v) is 8.07. The average molecular weight is 337 g/mol. The molecule has 0 spiro atoms. The highest BCUT2D eigenvalue weighted by molar-refractivity contribution is 8.02. The van der Waals surface area contributed by atoms with Crippen LogP contribution in [-0.2, 0) is 4.79 Å². The molecule has 0 bridgehead atoms. The topological polar surface area (TPSA) is 46.2 Å². The number of benzene rings is 1. The Labute approximate surface area is 133 Å². The summed E-state index contributed by atoms with van der Waals surface area (Å²) in [5, 5.41) is 2.69. The Morgan fingerprint density at radius 3 is 2.91 bits per heavy atom. The predicted molar refractivity (Wildman–Crippen MR) is 83.4 cm³/mol. The lowest BCUT2D eigenvalue weighted by atomic mass is 10.1. The van der Waals surface area contributed by atoms with Crippen molar-refractivity contribution in [3.63, 3.8) is 0 Å². The molecule has 0 radical (unpaired) electrons. The second-order valence-corrected chi connectivity index (χ2v) is 6.81. The first-order chi connectivity index (χ1) is 10.5. The van der Waals surface area contributed by atoms with Gasteiger partial charge in [-0.25, -0.2) is 8.78 Å². The van der Waals surface area contributed by atoms with E-state index in [1.165, 1.54) is 35.3 Å². The normalized spacial score (nSPS) is 14.0. The summed E-state index contributed by atoms with van der Waals surface area (Å²) in [7, 11) is 0. The van der Waals surface area contributed by atoms with Crippen LogP contribution in [0.3, 0.4) is 0 Å². The maximum absolute atomic E-state index is 13.5.